The Morgan fingerprint density at radius 1 is 1.31 bits per heavy atom. The SMILES string of the molecule is Cc1cnc(C(C)Nc2ccc(N)nc2)o1. The van der Waals surface area contributed by atoms with Gasteiger partial charge in [-0.3, -0.25) is 0 Å². The van der Waals surface area contributed by atoms with Crippen molar-refractivity contribution in [3.63, 3.8) is 0 Å². The number of aryl methyl sites for hydroxylation is 1. The van der Waals surface area contributed by atoms with Gasteiger partial charge in [-0.2, -0.15) is 0 Å². The number of nitrogen functional groups attached to an aromatic ring is 1. The summed E-state index contributed by atoms with van der Waals surface area (Å²) in [5.41, 5.74) is 6.39. The Morgan fingerprint density at radius 2 is 2.12 bits per heavy atom. The molecule has 0 fully saturated rings. The van der Waals surface area contributed by atoms with Crippen molar-refractivity contribution in [2.75, 3.05) is 11.1 Å². The number of nitrogens with zero attached hydrogens (tertiary/aromatic N) is 2. The Hall–Kier alpha value is -2.04. The molecule has 2 aromatic heterocycles. The van der Waals surface area contributed by atoms with Crippen LogP contribution >= 0.6 is 0 Å². The number of aromatic nitrogens is 2. The third-order valence-electron chi connectivity index (χ3n) is 2.18. The average molecular weight is 218 g/mol. The first-order valence-corrected chi connectivity index (χ1v) is 5.05. The fraction of sp³-hybridized carbons (Fsp3) is 0.273. The highest BCUT2D eigenvalue weighted by Gasteiger charge is 2.10. The maximum absolute atomic E-state index is 5.50. The molecular formula is C11H14N4O. The minimum Gasteiger partial charge on any atom is -0.444 e. The zero-order chi connectivity index (χ0) is 11.5. The Morgan fingerprint density at radius 3 is 2.69 bits per heavy atom. The lowest BCUT2D eigenvalue weighted by atomic mass is 10.3. The van der Waals surface area contributed by atoms with Crippen LogP contribution in [0.3, 0.4) is 0 Å². The molecule has 5 heteroatoms. The van der Waals surface area contributed by atoms with Gasteiger partial charge in [0.25, 0.3) is 0 Å². The van der Waals surface area contributed by atoms with Gasteiger partial charge < -0.3 is 15.5 Å². The van der Waals surface area contributed by atoms with Crippen LogP contribution in [0.2, 0.25) is 0 Å². The number of hydrogen-bond donors (Lipinski definition) is 2. The molecule has 2 heterocycles. The van der Waals surface area contributed by atoms with E-state index in [9.17, 15) is 0 Å². The van der Waals surface area contributed by atoms with E-state index >= 15 is 0 Å². The maximum atomic E-state index is 5.50. The zero-order valence-corrected chi connectivity index (χ0v) is 9.27. The lowest BCUT2D eigenvalue weighted by Crippen LogP contribution is -2.07. The molecule has 0 aliphatic heterocycles. The van der Waals surface area contributed by atoms with E-state index in [1.807, 2.05) is 19.9 Å². The van der Waals surface area contributed by atoms with E-state index in [1.165, 1.54) is 0 Å². The third-order valence-corrected chi connectivity index (χ3v) is 2.18. The molecule has 2 rings (SSSR count). The quantitative estimate of drug-likeness (QED) is 0.825. The van der Waals surface area contributed by atoms with Crippen LogP contribution in [-0.4, -0.2) is 9.97 Å². The number of oxazole rings is 1. The number of rotatable bonds is 3. The van der Waals surface area contributed by atoms with Crippen LogP contribution in [0.15, 0.2) is 28.9 Å². The first kappa shape index (κ1) is 10.5. The standard InChI is InChI=1S/C11H14N4O/c1-7-5-14-11(16-7)8(2)15-9-3-4-10(12)13-6-9/h3-6,8,15H,1-2H3,(H2,12,13). The van der Waals surface area contributed by atoms with Gasteiger partial charge in [0.1, 0.15) is 17.6 Å². The minimum atomic E-state index is -0.000811. The summed E-state index contributed by atoms with van der Waals surface area (Å²) < 4.78 is 5.42. The fourth-order valence-electron chi connectivity index (χ4n) is 1.37. The molecule has 0 bridgehead atoms. The fourth-order valence-corrected chi connectivity index (χ4v) is 1.37. The van der Waals surface area contributed by atoms with E-state index in [0.717, 1.165) is 11.4 Å². The lowest BCUT2D eigenvalue weighted by Gasteiger charge is -2.11. The van der Waals surface area contributed by atoms with Gasteiger partial charge in [0.2, 0.25) is 5.89 Å². The molecule has 2 aromatic rings. The molecule has 5 nitrogen and oxygen atoms in total. The minimum absolute atomic E-state index is 0.000811. The number of hydrogen-bond acceptors (Lipinski definition) is 5. The smallest absolute Gasteiger partial charge is 0.216 e. The predicted molar refractivity (Wildman–Crippen MR) is 61.9 cm³/mol. The van der Waals surface area contributed by atoms with Crippen molar-refractivity contribution in [3.05, 3.63) is 36.2 Å². The van der Waals surface area contributed by atoms with Gasteiger partial charge in [0.15, 0.2) is 0 Å². The van der Waals surface area contributed by atoms with E-state index in [1.54, 1.807) is 18.5 Å². The predicted octanol–water partition coefficient (Wildman–Crippen LogP) is 2.13. The highest BCUT2D eigenvalue weighted by molar-refractivity contribution is 5.46. The molecule has 0 amide bonds. The van der Waals surface area contributed by atoms with Gasteiger partial charge in [-0.25, -0.2) is 9.97 Å². The van der Waals surface area contributed by atoms with E-state index in [-0.39, 0.29) is 6.04 Å². The van der Waals surface area contributed by atoms with Crippen molar-refractivity contribution >= 4 is 11.5 Å². The molecule has 0 saturated carbocycles. The summed E-state index contributed by atoms with van der Waals surface area (Å²) in [5, 5.41) is 3.22. The molecule has 0 spiro atoms. The molecule has 3 N–H and O–H groups in total. The molecule has 0 aliphatic carbocycles. The average Bonchev–Trinajstić information content (AvgIpc) is 2.68. The van der Waals surface area contributed by atoms with Crippen molar-refractivity contribution in [3.8, 4) is 0 Å². The summed E-state index contributed by atoms with van der Waals surface area (Å²) in [6.07, 6.45) is 3.39. The van der Waals surface area contributed by atoms with Crippen molar-refractivity contribution in [2.24, 2.45) is 0 Å². The second-order valence-electron chi connectivity index (χ2n) is 3.65. The summed E-state index contributed by atoms with van der Waals surface area (Å²) in [6.45, 7) is 3.84. The molecule has 0 saturated heterocycles. The van der Waals surface area contributed by atoms with E-state index < -0.39 is 0 Å². The number of nitrogens with two attached hydrogens (primary N) is 1. The van der Waals surface area contributed by atoms with E-state index in [0.29, 0.717) is 11.7 Å². The summed E-state index contributed by atoms with van der Waals surface area (Å²) in [6, 6.07) is 3.61. The van der Waals surface area contributed by atoms with Crippen LogP contribution in [0.25, 0.3) is 0 Å². The number of anilines is 2. The Kier molecular flexibility index (Phi) is 2.76. The number of pyridine rings is 1. The molecular weight excluding hydrogens is 204 g/mol. The summed E-state index contributed by atoms with van der Waals surface area (Å²) >= 11 is 0. The monoisotopic (exact) mass is 218 g/mol. The molecule has 0 aliphatic rings. The number of nitrogens with one attached hydrogen (secondary N) is 1. The first-order chi connectivity index (χ1) is 7.65. The summed E-state index contributed by atoms with van der Waals surface area (Å²) in [5.74, 6) is 1.97. The molecule has 1 unspecified atom stereocenters. The Labute approximate surface area is 93.7 Å². The zero-order valence-electron chi connectivity index (χ0n) is 9.27. The normalized spacial score (nSPS) is 12.4. The van der Waals surface area contributed by atoms with Gasteiger partial charge in [-0.1, -0.05) is 0 Å². The third kappa shape index (κ3) is 2.31. The summed E-state index contributed by atoms with van der Waals surface area (Å²) in [7, 11) is 0. The van der Waals surface area contributed by atoms with Crippen LogP contribution in [0, 0.1) is 6.92 Å². The van der Waals surface area contributed by atoms with Crippen molar-refractivity contribution in [2.45, 2.75) is 19.9 Å². The van der Waals surface area contributed by atoms with Crippen LogP contribution in [0.1, 0.15) is 24.6 Å². The first-order valence-electron chi connectivity index (χ1n) is 5.05. The topological polar surface area (TPSA) is 77.0 Å². The van der Waals surface area contributed by atoms with Gasteiger partial charge in [-0.15, -0.1) is 0 Å². The van der Waals surface area contributed by atoms with Crippen LogP contribution in [0.5, 0.6) is 0 Å². The second kappa shape index (κ2) is 4.22. The van der Waals surface area contributed by atoms with Crippen LogP contribution in [-0.2, 0) is 0 Å². The highest BCUT2D eigenvalue weighted by Crippen LogP contribution is 2.18. The molecule has 0 aromatic carbocycles. The molecule has 84 valence electrons. The van der Waals surface area contributed by atoms with E-state index in [4.69, 9.17) is 10.2 Å². The largest absolute Gasteiger partial charge is 0.444 e. The molecule has 16 heavy (non-hydrogen) atoms. The van der Waals surface area contributed by atoms with Crippen LogP contribution < -0.4 is 11.1 Å². The second-order valence-corrected chi connectivity index (χ2v) is 3.65. The van der Waals surface area contributed by atoms with Crippen molar-refractivity contribution in [1.29, 1.82) is 0 Å². The van der Waals surface area contributed by atoms with Gasteiger partial charge in [-0.05, 0) is 26.0 Å². The molecule has 0 radical (unpaired) electrons. The van der Waals surface area contributed by atoms with Crippen molar-refractivity contribution < 1.29 is 4.42 Å². The maximum Gasteiger partial charge on any atom is 0.216 e. The lowest BCUT2D eigenvalue weighted by molar-refractivity contribution is 0.453. The van der Waals surface area contributed by atoms with Gasteiger partial charge >= 0.3 is 0 Å². The Balaban J connectivity index is 2.07. The van der Waals surface area contributed by atoms with Crippen LogP contribution in [0.4, 0.5) is 11.5 Å². The Bertz CT molecular complexity index is 463. The van der Waals surface area contributed by atoms with Gasteiger partial charge in [0.05, 0.1) is 18.1 Å². The summed E-state index contributed by atoms with van der Waals surface area (Å²) in [4.78, 5) is 8.15. The van der Waals surface area contributed by atoms with Gasteiger partial charge in [0, 0.05) is 0 Å². The highest BCUT2D eigenvalue weighted by atomic mass is 16.4. The van der Waals surface area contributed by atoms with E-state index in [2.05, 4.69) is 15.3 Å². The van der Waals surface area contributed by atoms with Crippen molar-refractivity contribution in [1.82, 2.24) is 9.97 Å². The molecule has 1 atom stereocenters.